The summed E-state index contributed by atoms with van der Waals surface area (Å²) in [5.41, 5.74) is 1.11. The van der Waals surface area contributed by atoms with Crippen LogP contribution in [0, 0.1) is 0 Å². The number of halogens is 1. The smallest absolute Gasteiger partial charge is 0.137 e. The third-order valence-corrected chi connectivity index (χ3v) is 2.85. The van der Waals surface area contributed by atoms with Crippen molar-refractivity contribution in [2.45, 2.75) is 25.4 Å². The summed E-state index contributed by atoms with van der Waals surface area (Å²) >= 11 is 6.15. The highest BCUT2D eigenvalue weighted by Gasteiger charge is 2.20. The van der Waals surface area contributed by atoms with Gasteiger partial charge in [0.05, 0.1) is 12.1 Å². The molecule has 1 aliphatic carbocycles. The van der Waals surface area contributed by atoms with Gasteiger partial charge in [-0.3, -0.25) is 0 Å². The minimum Gasteiger partial charge on any atom is -0.495 e. The molecule has 0 heterocycles. The minimum absolute atomic E-state index is 0.706. The van der Waals surface area contributed by atoms with E-state index in [-0.39, 0.29) is 0 Å². The first kappa shape index (κ1) is 9.81. The van der Waals surface area contributed by atoms with Crippen molar-refractivity contribution in [3.8, 4) is 5.75 Å². The van der Waals surface area contributed by atoms with Gasteiger partial charge in [0.25, 0.3) is 0 Å². The molecule has 0 aliphatic heterocycles. The average Bonchev–Trinajstić information content (AvgIpc) is 3.00. The van der Waals surface area contributed by atoms with Gasteiger partial charge in [0.2, 0.25) is 0 Å². The van der Waals surface area contributed by atoms with Crippen molar-refractivity contribution >= 4 is 11.6 Å². The SMILES string of the molecule is COc1cccc(CNC2CC2)c1Cl. The second kappa shape index (κ2) is 4.20. The van der Waals surface area contributed by atoms with E-state index in [9.17, 15) is 0 Å². The van der Waals surface area contributed by atoms with Gasteiger partial charge < -0.3 is 10.1 Å². The summed E-state index contributed by atoms with van der Waals surface area (Å²) in [7, 11) is 1.64. The van der Waals surface area contributed by atoms with Crippen molar-refractivity contribution in [3.63, 3.8) is 0 Å². The van der Waals surface area contributed by atoms with Gasteiger partial charge >= 0.3 is 0 Å². The Morgan fingerprint density at radius 2 is 2.29 bits per heavy atom. The van der Waals surface area contributed by atoms with Gasteiger partial charge in [0.15, 0.2) is 0 Å². The molecular formula is C11H14ClNO. The zero-order valence-electron chi connectivity index (χ0n) is 8.22. The highest BCUT2D eigenvalue weighted by atomic mass is 35.5. The molecule has 0 aromatic heterocycles. The van der Waals surface area contributed by atoms with Crippen LogP contribution in [0.4, 0.5) is 0 Å². The van der Waals surface area contributed by atoms with Gasteiger partial charge in [0, 0.05) is 12.6 Å². The summed E-state index contributed by atoms with van der Waals surface area (Å²) in [5.74, 6) is 0.752. The Labute approximate surface area is 89.2 Å². The number of hydrogen-bond donors (Lipinski definition) is 1. The summed E-state index contributed by atoms with van der Waals surface area (Å²) in [6.45, 7) is 0.834. The van der Waals surface area contributed by atoms with Crippen molar-refractivity contribution < 1.29 is 4.74 Å². The van der Waals surface area contributed by atoms with Gasteiger partial charge in [-0.15, -0.1) is 0 Å². The van der Waals surface area contributed by atoms with E-state index in [2.05, 4.69) is 5.32 Å². The van der Waals surface area contributed by atoms with Gasteiger partial charge in [-0.2, -0.15) is 0 Å². The summed E-state index contributed by atoms with van der Waals surface area (Å²) in [4.78, 5) is 0. The number of methoxy groups -OCH3 is 1. The fourth-order valence-corrected chi connectivity index (χ4v) is 1.66. The zero-order valence-corrected chi connectivity index (χ0v) is 8.97. The first-order valence-electron chi connectivity index (χ1n) is 4.86. The number of rotatable bonds is 4. The summed E-state index contributed by atoms with van der Waals surface area (Å²) in [6.07, 6.45) is 2.59. The van der Waals surface area contributed by atoms with Crippen LogP contribution in [0.1, 0.15) is 18.4 Å². The highest BCUT2D eigenvalue weighted by molar-refractivity contribution is 6.32. The fraction of sp³-hybridized carbons (Fsp3) is 0.455. The van der Waals surface area contributed by atoms with Crippen molar-refractivity contribution in [2.75, 3.05) is 7.11 Å². The molecule has 1 aromatic carbocycles. The largest absolute Gasteiger partial charge is 0.495 e. The number of ether oxygens (including phenoxy) is 1. The maximum absolute atomic E-state index is 6.15. The van der Waals surface area contributed by atoms with E-state index < -0.39 is 0 Å². The van der Waals surface area contributed by atoms with Crippen LogP contribution in [0.25, 0.3) is 0 Å². The lowest BCUT2D eigenvalue weighted by atomic mass is 10.2. The molecule has 14 heavy (non-hydrogen) atoms. The molecule has 1 saturated carbocycles. The molecule has 0 spiro atoms. The van der Waals surface area contributed by atoms with E-state index in [0.717, 1.165) is 22.9 Å². The van der Waals surface area contributed by atoms with Gasteiger partial charge in [0.1, 0.15) is 5.75 Å². The molecule has 76 valence electrons. The zero-order chi connectivity index (χ0) is 9.97. The Hall–Kier alpha value is -0.730. The fourth-order valence-electron chi connectivity index (χ4n) is 1.39. The second-order valence-electron chi connectivity index (χ2n) is 3.59. The summed E-state index contributed by atoms with van der Waals surface area (Å²) in [5, 5.41) is 4.15. The molecule has 0 saturated heterocycles. The Kier molecular flexibility index (Phi) is 2.94. The van der Waals surface area contributed by atoms with Crippen molar-refractivity contribution in [1.82, 2.24) is 5.32 Å². The van der Waals surface area contributed by atoms with Crippen LogP contribution < -0.4 is 10.1 Å². The van der Waals surface area contributed by atoms with Crippen molar-refractivity contribution in [2.24, 2.45) is 0 Å². The molecular weight excluding hydrogens is 198 g/mol. The van der Waals surface area contributed by atoms with Gasteiger partial charge in [-0.25, -0.2) is 0 Å². The summed E-state index contributed by atoms with van der Waals surface area (Å²) < 4.78 is 5.15. The predicted octanol–water partition coefficient (Wildman–Crippen LogP) is 2.60. The van der Waals surface area contributed by atoms with E-state index in [1.165, 1.54) is 12.8 Å². The molecule has 0 radical (unpaired) electrons. The molecule has 0 unspecified atom stereocenters. The molecule has 1 N–H and O–H groups in total. The molecule has 2 rings (SSSR count). The maximum Gasteiger partial charge on any atom is 0.137 e. The monoisotopic (exact) mass is 211 g/mol. The molecule has 1 aliphatic rings. The Balaban J connectivity index is 2.06. The first-order chi connectivity index (χ1) is 6.81. The van der Waals surface area contributed by atoms with Crippen LogP contribution in [0.15, 0.2) is 18.2 Å². The topological polar surface area (TPSA) is 21.3 Å². The number of hydrogen-bond acceptors (Lipinski definition) is 2. The van der Waals surface area contributed by atoms with Crippen LogP contribution >= 0.6 is 11.6 Å². The van der Waals surface area contributed by atoms with Gasteiger partial charge in [-0.05, 0) is 24.5 Å². The van der Waals surface area contributed by atoms with E-state index in [1.54, 1.807) is 7.11 Å². The van der Waals surface area contributed by atoms with Crippen LogP contribution in [0.2, 0.25) is 5.02 Å². The number of benzene rings is 1. The number of nitrogens with one attached hydrogen (secondary N) is 1. The molecule has 0 atom stereocenters. The van der Waals surface area contributed by atoms with E-state index in [4.69, 9.17) is 16.3 Å². The average molecular weight is 212 g/mol. The highest BCUT2D eigenvalue weighted by Crippen LogP contribution is 2.28. The molecule has 3 heteroatoms. The standard InChI is InChI=1S/C11H14ClNO/c1-14-10-4-2-3-8(11(10)12)7-13-9-5-6-9/h2-4,9,13H,5-7H2,1H3. The third-order valence-electron chi connectivity index (χ3n) is 2.42. The van der Waals surface area contributed by atoms with E-state index >= 15 is 0 Å². The van der Waals surface area contributed by atoms with E-state index in [0.29, 0.717) is 6.04 Å². The van der Waals surface area contributed by atoms with Crippen LogP contribution in [0.3, 0.4) is 0 Å². The maximum atomic E-state index is 6.15. The molecule has 2 nitrogen and oxygen atoms in total. The van der Waals surface area contributed by atoms with E-state index in [1.807, 2.05) is 18.2 Å². The Bertz CT molecular complexity index is 323. The van der Waals surface area contributed by atoms with Gasteiger partial charge in [-0.1, -0.05) is 23.7 Å². The molecule has 0 amide bonds. The first-order valence-corrected chi connectivity index (χ1v) is 5.24. The predicted molar refractivity (Wildman–Crippen MR) is 57.9 cm³/mol. The lowest BCUT2D eigenvalue weighted by molar-refractivity contribution is 0.414. The lowest BCUT2D eigenvalue weighted by Gasteiger charge is -2.08. The third kappa shape index (κ3) is 2.20. The molecule has 1 aromatic rings. The molecule has 0 bridgehead atoms. The Morgan fingerprint density at radius 3 is 2.93 bits per heavy atom. The van der Waals surface area contributed by atoms with Crippen LogP contribution in [0.5, 0.6) is 5.75 Å². The van der Waals surface area contributed by atoms with Crippen LogP contribution in [-0.4, -0.2) is 13.2 Å². The van der Waals surface area contributed by atoms with Crippen LogP contribution in [-0.2, 0) is 6.54 Å². The quantitative estimate of drug-likeness (QED) is 0.827. The normalized spacial score (nSPS) is 15.6. The summed E-state index contributed by atoms with van der Waals surface area (Å²) in [6, 6.07) is 6.58. The second-order valence-corrected chi connectivity index (χ2v) is 3.97. The molecule has 1 fully saturated rings. The van der Waals surface area contributed by atoms with Crippen molar-refractivity contribution in [3.05, 3.63) is 28.8 Å². The lowest BCUT2D eigenvalue weighted by Crippen LogP contribution is -2.15. The Morgan fingerprint density at radius 1 is 1.50 bits per heavy atom. The minimum atomic E-state index is 0.706. The van der Waals surface area contributed by atoms with Crippen molar-refractivity contribution in [1.29, 1.82) is 0 Å².